The van der Waals surface area contributed by atoms with E-state index in [4.69, 9.17) is 0 Å². The molecule has 3 nitrogen and oxygen atoms in total. The van der Waals surface area contributed by atoms with Crippen LogP contribution in [0.1, 0.15) is 24.0 Å². The van der Waals surface area contributed by atoms with E-state index in [1.165, 1.54) is 12.7 Å². The van der Waals surface area contributed by atoms with E-state index in [0.29, 0.717) is 6.42 Å². The van der Waals surface area contributed by atoms with Crippen LogP contribution >= 0.6 is 0 Å². The summed E-state index contributed by atoms with van der Waals surface area (Å²) in [5.74, 6) is -0.153. The fourth-order valence-electron chi connectivity index (χ4n) is 1.95. The molecule has 1 heterocycles. The van der Waals surface area contributed by atoms with Crippen molar-refractivity contribution in [2.75, 3.05) is 7.11 Å². The summed E-state index contributed by atoms with van der Waals surface area (Å²) in [7, 11) is 1.42. The number of hydrogen-bond acceptors (Lipinski definition) is 3. The summed E-state index contributed by atoms with van der Waals surface area (Å²) in [5.41, 5.74) is 3.40. The number of esters is 1. The van der Waals surface area contributed by atoms with Crippen molar-refractivity contribution in [2.45, 2.75) is 26.2 Å². The van der Waals surface area contributed by atoms with E-state index >= 15 is 0 Å². The normalized spacial score (nSPS) is 10.6. The van der Waals surface area contributed by atoms with Crippen LogP contribution in [-0.4, -0.2) is 18.1 Å². The van der Waals surface area contributed by atoms with Crippen molar-refractivity contribution in [1.82, 2.24) is 4.98 Å². The van der Waals surface area contributed by atoms with Crippen LogP contribution in [0.2, 0.25) is 0 Å². The molecule has 0 radical (unpaired) electrons. The summed E-state index contributed by atoms with van der Waals surface area (Å²) in [6.07, 6.45) is 4.00. The minimum atomic E-state index is -0.153. The van der Waals surface area contributed by atoms with Gasteiger partial charge >= 0.3 is 5.97 Å². The lowest BCUT2D eigenvalue weighted by atomic mass is 10.1. The van der Waals surface area contributed by atoms with Gasteiger partial charge in [-0.05, 0) is 43.0 Å². The maximum Gasteiger partial charge on any atom is 0.305 e. The first-order valence-corrected chi connectivity index (χ1v) is 6.11. The molecule has 0 aliphatic carbocycles. The smallest absolute Gasteiger partial charge is 0.305 e. The first-order valence-electron chi connectivity index (χ1n) is 6.11. The molecule has 3 heteroatoms. The summed E-state index contributed by atoms with van der Waals surface area (Å²) >= 11 is 0. The highest BCUT2D eigenvalue weighted by Gasteiger charge is 2.02. The van der Waals surface area contributed by atoms with Gasteiger partial charge < -0.3 is 4.74 Å². The van der Waals surface area contributed by atoms with Gasteiger partial charge in [0.25, 0.3) is 0 Å². The van der Waals surface area contributed by atoms with E-state index < -0.39 is 0 Å². The fraction of sp³-hybridized carbons (Fsp3) is 0.333. The molecule has 0 N–H and O–H groups in total. The monoisotopic (exact) mass is 243 g/mol. The van der Waals surface area contributed by atoms with Gasteiger partial charge in [0.1, 0.15) is 0 Å². The standard InChI is InChI=1S/C15H17NO2/c1-11-6-7-13-9-12(10-16-14(13)8-11)4-3-5-15(17)18-2/h6-10H,3-5H2,1-2H3. The second kappa shape index (κ2) is 5.63. The largest absolute Gasteiger partial charge is 0.469 e. The number of pyridine rings is 1. The third-order valence-electron chi connectivity index (χ3n) is 2.97. The second-order valence-corrected chi connectivity index (χ2v) is 4.47. The Balaban J connectivity index is 2.06. The highest BCUT2D eigenvalue weighted by Crippen LogP contribution is 2.16. The number of rotatable bonds is 4. The van der Waals surface area contributed by atoms with Crippen LogP contribution in [0.5, 0.6) is 0 Å². The maximum atomic E-state index is 11.0. The van der Waals surface area contributed by atoms with Crippen LogP contribution in [0.3, 0.4) is 0 Å². The number of carbonyl (C=O) groups is 1. The number of ether oxygens (including phenoxy) is 1. The van der Waals surface area contributed by atoms with Crippen LogP contribution in [-0.2, 0) is 16.0 Å². The summed E-state index contributed by atoms with van der Waals surface area (Å²) in [5, 5.41) is 1.15. The molecule has 0 saturated heterocycles. The SMILES string of the molecule is COC(=O)CCCc1cnc2cc(C)ccc2c1. The van der Waals surface area contributed by atoms with E-state index in [2.05, 4.69) is 40.9 Å². The minimum absolute atomic E-state index is 0.153. The first-order chi connectivity index (χ1) is 8.69. The minimum Gasteiger partial charge on any atom is -0.469 e. The van der Waals surface area contributed by atoms with Gasteiger partial charge in [-0.2, -0.15) is 0 Å². The summed E-state index contributed by atoms with van der Waals surface area (Å²) in [4.78, 5) is 15.5. The van der Waals surface area contributed by atoms with Crippen molar-refractivity contribution < 1.29 is 9.53 Å². The quantitative estimate of drug-likeness (QED) is 0.775. The van der Waals surface area contributed by atoms with Gasteiger partial charge in [-0.3, -0.25) is 9.78 Å². The summed E-state index contributed by atoms with van der Waals surface area (Å²) < 4.78 is 4.62. The molecule has 2 aromatic rings. The molecule has 0 aliphatic heterocycles. The number of aromatic nitrogens is 1. The Morgan fingerprint density at radius 2 is 2.17 bits per heavy atom. The average molecular weight is 243 g/mol. The van der Waals surface area contributed by atoms with Crippen LogP contribution in [0.4, 0.5) is 0 Å². The molecule has 0 bridgehead atoms. The Morgan fingerprint density at radius 3 is 2.94 bits per heavy atom. The van der Waals surface area contributed by atoms with Crippen molar-refractivity contribution in [2.24, 2.45) is 0 Å². The average Bonchev–Trinajstić information content (AvgIpc) is 2.38. The zero-order valence-corrected chi connectivity index (χ0v) is 10.8. The fourth-order valence-corrected chi connectivity index (χ4v) is 1.95. The Morgan fingerprint density at radius 1 is 1.33 bits per heavy atom. The predicted octanol–water partition coefficient (Wildman–Crippen LogP) is 3.04. The predicted molar refractivity (Wildman–Crippen MR) is 71.4 cm³/mol. The number of hydrogen-bond donors (Lipinski definition) is 0. The lowest BCUT2D eigenvalue weighted by molar-refractivity contribution is -0.140. The molecule has 0 amide bonds. The highest BCUT2D eigenvalue weighted by atomic mass is 16.5. The van der Waals surface area contributed by atoms with Crippen molar-refractivity contribution in [3.63, 3.8) is 0 Å². The van der Waals surface area contributed by atoms with Crippen molar-refractivity contribution in [3.8, 4) is 0 Å². The molecule has 0 aliphatic rings. The number of aryl methyl sites for hydroxylation is 2. The second-order valence-electron chi connectivity index (χ2n) is 4.47. The van der Waals surface area contributed by atoms with E-state index in [-0.39, 0.29) is 5.97 Å². The van der Waals surface area contributed by atoms with Gasteiger partial charge in [-0.25, -0.2) is 0 Å². The molecule has 0 fully saturated rings. The molecule has 18 heavy (non-hydrogen) atoms. The molecule has 0 saturated carbocycles. The van der Waals surface area contributed by atoms with Gasteiger partial charge in [0.15, 0.2) is 0 Å². The van der Waals surface area contributed by atoms with Gasteiger partial charge in [0.2, 0.25) is 0 Å². The van der Waals surface area contributed by atoms with Gasteiger partial charge in [-0.1, -0.05) is 12.1 Å². The number of nitrogens with zero attached hydrogens (tertiary/aromatic N) is 1. The van der Waals surface area contributed by atoms with Gasteiger partial charge in [0, 0.05) is 18.0 Å². The van der Waals surface area contributed by atoms with E-state index in [9.17, 15) is 4.79 Å². The molecule has 0 atom stereocenters. The van der Waals surface area contributed by atoms with Crippen molar-refractivity contribution >= 4 is 16.9 Å². The van der Waals surface area contributed by atoms with E-state index in [1.807, 2.05) is 6.20 Å². The molecule has 2 rings (SSSR count). The van der Waals surface area contributed by atoms with Crippen molar-refractivity contribution in [1.29, 1.82) is 0 Å². The molecule has 0 unspecified atom stereocenters. The van der Waals surface area contributed by atoms with E-state index in [0.717, 1.165) is 29.3 Å². The lowest BCUT2D eigenvalue weighted by Crippen LogP contribution is -2.00. The zero-order chi connectivity index (χ0) is 13.0. The van der Waals surface area contributed by atoms with Crippen LogP contribution in [0.25, 0.3) is 10.9 Å². The molecule has 0 spiro atoms. The third kappa shape index (κ3) is 3.06. The Hall–Kier alpha value is -1.90. The van der Waals surface area contributed by atoms with E-state index in [1.54, 1.807) is 0 Å². The topological polar surface area (TPSA) is 39.2 Å². The van der Waals surface area contributed by atoms with Crippen LogP contribution < -0.4 is 0 Å². The Labute approximate surface area is 107 Å². The number of methoxy groups -OCH3 is 1. The van der Waals surface area contributed by atoms with Crippen molar-refractivity contribution in [3.05, 3.63) is 41.6 Å². The number of carbonyl (C=O) groups excluding carboxylic acids is 1. The highest BCUT2D eigenvalue weighted by molar-refractivity contribution is 5.79. The maximum absolute atomic E-state index is 11.0. The first kappa shape index (κ1) is 12.6. The molecular formula is C15H17NO2. The molecular weight excluding hydrogens is 226 g/mol. The van der Waals surface area contributed by atoms with Gasteiger partial charge in [0.05, 0.1) is 12.6 Å². The molecule has 1 aromatic carbocycles. The molecule has 1 aromatic heterocycles. The number of fused-ring (bicyclic) bond motifs is 1. The number of benzene rings is 1. The Bertz CT molecular complexity index is 563. The summed E-state index contributed by atoms with van der Waals surface area (Å²) in [6.45, 7) is 2.06. The zero-order valence-electron chi connectivity index (χ0n) is 10.8. The Kier molecular flexibility index (Phi) is 3.92. The lowest BCUT2D eigenvalue weighted by Gasteiger charge is -2.03. The third-order valence-corrected chi connectivity index (χ3v) is 2.97. The summed E-state index contributed by atoms with van der Waals surface area (Å²) in [6, 6.07) is 8.39. The van der Waals surface area contributed by atoms with Crippen LogP contribution in [0, 0.1) is 6.92 Å². The van der Waals surface area contributed by atoms with Crippen LogP contribution in [0.15, 0.2) is 30.5 Å². The van der Waals surface area contributed by atoms with Gasteiger partial charge in [-0.15, -0.1) is 0 Å². The molecule has 94 valence electrons.